The SMILES string of the molecule is CCC(O)(c1cccc(Br)c1)C1CC(C)(C)OC1(C)C. The largest absolute Gasteiger partial charge is 0.385 e. The molecule has 1 aromatic carbocycles. The Kier molecular flexibility index (Phi) is 4.09. The third-order valence-corrected chi connectivity index (χ3v) is 5.01. The predicted octanol–water partition coefficient (Wildman–Crippen LogP) is 4.64. The summed E-state index contributed by atoms with van der Waals surface area (Å²) in [5.74, 6) is 0.0734. The Morgan fingerprint density at radius 1 is 1.35 bits per heavy atom. The molecule has 1 N–H and O–H groups in total. The normalized spacial score (nSPS) is 27.2. The van der Waals surface area contributed by atoms with Crippen LogP contribution in [0.15, 0.2) is 28.7 Å². The van der Waals surface area contributed by atoms with Gasteiger partial charge in [0.2, 0.25) is 0 Å². The van der Waals surface area contributed by atoms with Crippen LogP contribution < -0.4 is 0 Å². The molecule has 112 valence electrons. The van der Waals surface area contributed by atoms with E-state index in [4.69, 9.17) is 4.74 Å². The molecule has 2 rings (SSSR count). The van der Waals surface area contributed by atoms with Crippen LogP contribution in [0.2, 0.25) is 0 Å². The molecule has 0 amide bonds. The van der Waals surface area contributed by atoms with Crippen LogP contribution in [-0.4, -0.2) is 16.3 Å². The minimum Gasteiger partial charge on any atom is -0.385 e. The molecule has 2 nitrogen and oxygen atoms in total. The average Bonchev–Trinajstić information content (AvgIpc) is 2.57. The fraction of sp³-hybridized carbons (Fsp3) is 0.647. The summed E-state index contributed by atoms with van der Waals surface area (Å²) in [6.45, 7) is 10.4. The number of rotatable bonds is 3. The van der Waals surface area contributed by atoms with Crippen molar-refractivity contribution in [2.24, 2.45) is 5.92 Å². The maximum absolute atomic E-state index is 11.4. The van der Waals surface area contributed by atoms with Gasteiger partial charge in [0.05, 0.1) is 16.8 Å². The van der Waals surface area contributed by atoms with E-state index in [1.165, 1.54) is 0 Å². The zero-order chi connectivity index (χ0) is 15.2. The third-order valence-electron chi connectivity index (χ3n) is 4.51. The summed E-state index contributed by atoms with van der Waals surface area (Å²) in [5.41, 5.74) is -0.422. The maximum atomic E-state index is 11.4. The van der Waals surface area contributed by atoms with Gasteiger partial charge in [-0.1, -0.05) is 35.0 Å². The lowest BCUT2D eigenvalue weighted by molar-refractivity contribution is -0.118. The average molecular weight is 341 g/mol. The molecule has 2 unspecified atom stereocenters. The van der Waals surface area contributed by atoms with Crippen molar-refractivity contribution in [1.82, 2.24) is 0 Å². The first kappa shape index (κ1) is 16.0. The van der Waals surface area contributed by atoms with Crippen LogP contribution in [0.3, 0.4) is 0 Å². The van der Waals surface area contributed by atoms with Gasteiger partial charge in [0.1, 0.15) is 0 Å². The highest BCUT2D eigenvalue weighted by atomic mass is 79.9. The summed E-state index contributed by atoms with van der Waals surface area (Å²) in [6, 6.07) is 7.99. The Balaban J connectivity index is 2.46. The Labute approximate surface area is 130 Å². The van der Waals surface area contributed by atoms with Crippen LogP contribution in [0.1, 0.15) is 53.0 Å². The van der Waals surface area contributed by atoms with Crippen molar-refractivity contribution in [1.29, 1.82) is 0 Å². The number of hydrogen-bond donors (Lipinski definition) is 1. The van der Waals surface area contributed by atoms with E-state index in [0.29, 0.717) is 6.42 Å². The van der Waals surface area contributed by atoms with Gasteiger partial charge in [0, 0.05) is 10.4 Å². The molecule has 1 aliphatic heterocycles. The van der Waals surface area contributed by atoms with E-state index >= 15 is 0 Å². The van der Waals surface area contributed by atoms with Crippen molar-refractivity contribution in [2.75, 3.05) is 0 Å². The van der Waals surface area contributed by atoms with Gasteiger partial charge in [0.25, 0.3) is 0 Å². The van der Waals surface area contributed by atoms with Gasteiger partial charge in [-0.2, -0.15) is 0 Å². The first-order valence-electron chi connectivity index (χ1n) is 7.29. The minimum atomic E-state index is -0.860. The molecule has 1 aliphatic rings. The molecule has 20 heavy (non-hydrogen) atoms. The van der Waals surface area contributed by atoms with Gasteiger partial charge in [-0.15, -0.1) is 0 Å². The number of hydrogen-bond acceptors (Lipinski definition) is 2. The van der Waals surface area contributed by atoms with Crippen molar-refractivity contribution < 1.29 is 9.84 Å². The summed E-state index contributed by atoms with van der Waals surface area (Å²) >= 11 is 3.50. The zero-order valence-electron chi connectivity index (χ0n) is 13.0. The summed E-state index contributed by atoms with van der Waals surface area (Å²) in [5, 5.41) is 11.4. The number of benzene rings is 1. The standard InChI is InChI=1S/C17H25BrO2/c1-6-17(19,12-8-7-9-13(18)10-12)14-11-15(2,3)20-16(14,4)5/h7-10,14,19H,6,11H2,1-5H3. The van der Waals surface area contributed by atoms with Crippen LogP contribution in [0.25, 0.3) is 0 Å². The van der Waals surface area contributed by atoms with Crippen molar-refractivity contribution >= 4 is 15.9 Å². The first-order valence-corrected chi connectivity index (χ1v) is 8.09. The van der Waals surface area contributed by atoms with Crippen LogP contribution in [0.4, 0.5) is 0 Å². The second-order valence-corrected chi connectivity index (χ2v) is 7.93. The number of aliphatic hydroxyl groups is 1. The molecule has 1 heterocycles. The minimum absolute atomic E-state index is 0.0734. The van der Waals surface area contributed by atoms with Gasteiger partial charge in [-0.25, -0.2) is 0 Å². The van der Waals surface area contributed by atoms with E-state index in [1.807, 2.05) is 31.2 Å². The molecule has 0 aliphatic carbocycles. The lowest BCUT2D eigenvalue weighted by Gasteiger charge is -2.40. The third kappa shape index (κ3) is 2.81. The summed E-state index contributed by atoms with van der Waals surface area (Å²) in [4.78, 5) is 0. The summed E-state index contributed by atoms with van der Waals surface area (Å²) < 4.78 is 7.17. The molecule has 0 radical (unpaired) electrons. The highest BCUT2D eigenvalue weighted by Crippen LogP contribution is 2.51. The molecule has 0 spiro atoms. The van der Waals surface area contributed by atoms with E-state index in [-0.39, 0.29) is 17.1 Å². The van der Waals surface area contributed by atoms with Crippen molar-refractivity contribution in [3.8, 4) is 0 Å². The van der Waals surface area contributed by atoms with E-state index in [2.05, 4.69) is 43.6 Å². The first-order chi connectivity index (χ1) is 9.11. The Morgan fingerprint density at radius 2 is 2.00 bits per heavy atom. The van der Waals surface area contributed by atoms with E-state index in [1.54, 1.807) is 0 Å². The van der Waals surface area contributed by atoms with Crippen molar-refractivity contribution in [3.05, 3.63) is 34.3 Å². The molecule has 3 heteroatoms. The van der Waals surface area contributed by atoms with Gasteiger partial charge in [0.15, 0.2) is 0 Å². The zero-order valence-corrected chi connectivity index (χ0v) is 14.6. The topological polar surface area (TPSA) is 29.5 Å². The summed E-state index contributed by atoms with van der Waals surface area (Å²) in [7, 11) is 0. The van der Waals surface area contributed by atoms with Gasteiger partial charge >= 0.3 is 0 Å². The quantitative estimate of drug-likeness (QED) is 0.868. The van der Waals surface area contributed by atoms with Crippen LogP contribution in [0, 0.1) is 5.92 Å². The van der Waals surface area contributed by atoms with Crippen molar-refractivity contribution in [3.63, 3.8) is 0 Å². The smallest absolute Gasteiger partial charge is 0.0950 e. The number of halogens is 1. The van der Waals surface area contributed by atoms with Gasteiger partial charge in [-0.05, 0) is 58.2 Å². The van der Waals surface area contributed by atoms with E-state index in [9.17, 15) is 5.11 Å². The maximum Gasteiger partial charge on any atom is 0.0950 e. The molecular formula is C17H25BrO2. The molecule has 1 aromatic rings. The van der Waals surface area contributed by atoms with Gasteiger partial charge < -0.3 is 9.84 Å². The summed E-state index contributed by atoms with van der Waals surface area (Å²) in [6.07, 6.45) is 1.54. The fourth-order valence-corrected chi connectivity index (χ4v) is 4.11. The Bertz CT molecular complexity index is 496. The van der Waals surface area contributed by atoms with E-state index < -0.39 is 5.60 Å². The predicted molar refractivity (Wildman–Crippen MR) is 85.7 cm³/mol. The highest BCUT2D eigenvalue weighted by Gasteiger charge is 2.54. The Morgan fingerprint density at radius 3 is 2.45 bits per heavy atom. The van der Waals surface area contributed by atoms with Crippen LogP contribution in [0.5, 0.6) is 0 Å². The number of ether oxygens (including phenoxy) is 1. The molecule has 0 saturated carbocycles. The van der Waals surface area contributed by atoms with Crippen LogP contribution in [-0.2, 0) is 10.3 Å². The second-order valence-electron chi connectivity index (χ2n) is 7.01. The lowest BCUT2D eigenvalue weighted by atomic mass is 9.70. The van der Waals surface area contributed by atoms with E-state index in [0.717, 1.165) is 16.5 Å². The lowest BCUT2D eigenvalue weighted by Crippen LogP contribution is -2.44. The monoisotopic (exact) mass is 340 g/mol. The second kappa shape index (κ2) is 5.11. The molecule has 1 fully saturated rings. The van der Waals surface area contributed by atoms with Gasteiger partial charge in [-0.3, -0.25) is 0 Å². The molecule has 0 bridgehead atoms. The van der Waals surface area contributed by atoms with Crippen molar-refractivity contribution in [2.45, 2.75) is 64.3 Å². The fourth-order valence-electron chi connectivity index (χ4n) is 3.72. The molecule has 1 saturated heterocycles. The molecular weight excluding hydrogens is 316 g/mol. The molecule has 2 atom stereocenters. The Hall–Kier alpha value is -0.380. The molecule has 0 aromatic heterocycles. The van der Waals surface area contributed by atoms with Crippen LogP contribution >= 0.6 is 15.9 Å². The highest BCUT2D eigenvalue weighted by molar-refractivity contribution is 9.10.